The summed E-state index contributed by atoms with van der Waals surface area (Å²) in [6.45, 7) is 0.166. The minimum absolute atomic E-state index is 0.166. The molecule has 1 saturated heterocycles. The lowest BCUT2D eigenvalue weighted by Crippen LogP contribution is -2.29. The number of amides is 1. The van der Waals surface area contributed by atoms with Gasteiger partial charge in [0, 0.05) is 12.2 Å². The van der Waals surface area contributed by atoms with Gasteiger partial charge in [0.1, 0.15) is 6.10 Å². The molecule has 1 aliphatic heterocycles. The SMILES string of the molecule is CS(=O)(=O)NCc1ccc(NC(=O)[C@@H]2CC[C@H](C(=O)O)O2)cc1. The van der Waals surface area contributed by atoms with E-state index >= 15 is 0 Å². The number of anilines is 1. The third kappa shape index (κ3) is 5.31. The van der Waals surface area contributed by atoms with Crippen LogP contribution in [0.1, 0.15) is 18.4 Å². The van der Waals surface area contributed by atoms with E-state index in [0.29, 0.717) is 18.5 Å². The van der Waals surface area contributed by atoms with Crippen molar-refractivity contribution in [3.63, 3.8) is 0 Å². The second kappa shape index (κ2) is 7.07. The zero-order valence-electron chi connectivity index (χ0n) is 12.5. The zero-order valence-corrected chi connectivity index (χ0v) is 13.3. The smallest absolute Gasteiger partial charge is 0.332 e. The van der Waals surface area contributed by atoms with Crippen LogP contribution in [0.15, 0.2) is 24.3 Å². The largest absolute Gasteiger partial charge is 0.479 e. The first kappa shape index (κ1) is 17.4. The monoisotopic (exact) mass is 342 g/mol. The molecule has 1 heterocycles. The fourth-order valence-corrected chi connectivity index (χ4v) is 2.58. The molecule has 0 spiro atoms. The number of nitrogens with one attached hydrogen (secondary N) is 2. The first-order valence-corrected chi connectivity index (χ1v) is 8.86. The fraction of sp³-hybridized carbons (Fsp3) is 0.429. The minimum Gasteiger partial charge on any atom is -0.479 e. The van der Waals surface area contributed by atoms with Crippen LogP contribution in [-0.4, -0.2) is 43.9 Å². The molecule has 8 nitrogen and oxygen atoms in total. The molecule has 1 aliphatic rings. The number of carboxylic acid groups (broad SMARTS) is 1. The Kier molecular flexibility index (Phi) is 5.34. The molecule has 1 fully saturated rings. The molecule has 0 unspecified atom stereocenters. The summed E-state index contributed by atoms with van der Waals surface area (Å²) in [5.74, 6) is -1.46. The number of sulfonamides is 1. The summed E-state index contributed by atoms with van der Waals surface area (Å²) in [4.78, 5) is 22.8. The number of benzene rings is 1. The van der Waals surface area contributed by atoms with Gasteiger partial charge in [-0.1, -0.05) is 12.1 Å². The molecule has 0 aromatic heterocycles. The summed E-state index contributed by atoms with van der Waals surface area (Å²) in [7, 11) is -3.26. The predicted molar refractivity (Wildman–Crippen MR) is 82.3 cm³/mol. The van der Waals surface area contributed by atoms with Gasteiger partial charge in [0.05, 0.1) is 6.26 Å². The van der Waals surface area contributed by atoms with Gasteiger partial charge in [-0.05, 0) is 30.5 Å². The third-order valence-electron chi connectivity index (χ3n) is 3.35. The van der Waals surface area contributed by atoms with Crippen LogP contribution in [-0.2, 0) is 30.9 Å². The van der Waals surface area contributed by atoms with Crippen molar-refractivity contribution >= 4 is 27.6 Å². The number of hydrogen-bond acceptors (Lipinski definition) is 5. The Morgan fingerprint density at radius 1 is 1.22 bits per heavy atom. The molecule has 0 saturated carbocycles. The quantitative estimate of drug-likeness (QED) is 0.684. The Morgan fingerprint density at radius 3 is 2.35 bits per heavy atom. The molecule has 2 atom stereocenters. The van der Waals surface area contributed by atoms with Gasteiger partial charge in [-0.2, -0.15) is 0 Å². The molecule has 9 heteroatoms. The van der Waals surface area contributed by atoms with Crippen molar-refractivity contribution in [2.75, 3.05) is 11.6 Å². The topological polar surface area (TPSA) is 122 Å². The van der Waals surface area contributed by atoms with Crippen molar-refractivity contribution in [1.82, 2.24) is 4.72 Å². The lowest BCUT2D eigenvalue weighted by atomic mass is 10.1. The molecule has 2 rings (SSSR count). The van der Waals surface area contributed by atoms with E-state index in [1.165, 1.54) is 0 Å². The number of carbonyl (C=O) groups excluding carboxylic acids is 1. The Bertz CT molecular complexity index is 686. The molecule has 1 amide bonds. The van der Waals surface area contributed by atoms with E-state index < -0.39 is 34.1 Å². The van der Waals surface area contributed by atoms with Crippen LogP contribution in [0.5, 0.6) is 0 Å². The molecular weight excluding hydrogens is 324 g/mol. The molecule has 1 aromatic carbocycles. The maximum absolute atomic E-state index is 12.0. The van der Waals surface area contributed by atoms with E-state index in [9.17, 15) is 18.0 Å². The van der Waals surface area contributed by atoms with Gasteiger partial charge in [-0.15, -0.1) is 0 Å². The lowest BCUT2D eigenvalue weighted by Gasteiger charge is -2.12. The van der Waals surface area contributed by atoms with Crippen molar-refractivity contribution < 1.29 is 27.9 Å². The molecule has 23 heavy (non-hydrogen) atoms. The Labute approximate surface area is 133 Å². The van der Waals surface area contributed by atoms with Crippen molar-refractivity contribution in [3.8, 4) is 0 Å². The van der Waals surface area contributed by atoms with Crippen LogP contribution < -0.4 is 10.0 Å². The first-order chi connectivity index (χ1) is 10.7. The zero-order chi connectivity index (χ0) is 17.0. The van der Waals surface area contributed by atoms with E-state index in [1.54, 1.807) is 24.3 Å². The number of rotatable bonds is 6. The molecule has 0 radical (unpaired) electrons. The van der Waals surface area contributed by atoms with E-state index in [4.69, 9.17) is 9.84 Å². The van der Waals surface area contributed by atoms with Gasteiger partial charge < -0.3 is 15.2 Å². The number of aliphatic carboxylic acids is 1. The average molecular weight is 342 g/mol. The molecule has 0 bridgehead atoms. The van der Waals surface area contributed by atoms with Crippen LogP contribution >= 0.6 is 0 Å². The highest BCUT2D eigenvalue weighted by molar-refractivity contribution is 7.88. The van der Waals surface area contributed by atoms with Crippen LogP contribution in [0.3, 0.4) is 0 Å². The summed E-state index contributed by atoms with van der Waals surface area (Å²) < 4.78 is 29.6. The highest BCUT2D eigenvalue weighted by Gasteiger charge is 2.34. The first-order valence-electron chi connectivity index (χ1n) is 6.97. The number of carbonyl (C=O) groups is 2. The summed E-state index contributed by atoms with van der Waals surface area (Å²) in [5, 5.41) is 11.5. The number of hydrogen-bond donors (Lipinski definition) is 3. The highest BCUT2D eigenvalue weighted by atomic mass is 32.2. The second-order valence-corrected chi connectivity index (χ2v) is 7.14. The van der Waals surface area contributed by atoms with Gasteiger partial charge in [0.25, 0.3) is 5.91 Å². The average Bonchev–Trinajstić information content (AvgIpc) is 2.96. The normalized spacial score (nSPS) is 21.1. The van der Waals surface area contributed by atoms with Crippen LogP contribution in [0, 0.1) is 0 Å². The Balaban J connectivity index is 1.88. The third-order valence-corrected chi connectivity index (χ3v) is 4.02. The number of carboxylic acids is 1. The van der Waals surface area contributed by atoms with Crippen molar-refractivity contribution in [2.45, 2.75) is 31.6 Å². The Morgan fingerprint density at radius 2 is 1.83 bits per heavy atom. The van der Waals surface area contributed by atoms with Gasteiger partial charge >= 0.3 is 5.97 Å². The summed E-state index contributed by atoms with van der Waals surface area (Å²) >= 11 is 0. The minimum atomic E-state index is -3.26. The fourth-order valence-electron chi connectivity index (χ4n) is 2.15. The molecule has 126 valence electrons. The summed E-state index contributed by atoms with van der Waals surface area (Å²) in [5.41, 5.74) is 1.27. The second-order valence-electron chi connectivity index (χ2n) is 5.31. The van der Waals surface area contributed by atoms with Crippen molar-refractivity contribution in [3.05, 3.63) is 29.8 Å². The number of ether oxygens (including phenoxy) is 1. The van der Waals surface area contributed by atoms with Gasteiger partial charge in [-0.3, -0.25) is 4.79 Å². The van der Waals surface area contributed by atoms with Gasteiger partial charge in [0.2, 0.25) is 10.0 Å². The highest BCUT2D eigenvalue weighted by Crippen LogP contribution is 2.21. The van der Waals surface area contributed by atoms with Gasteiger partial charge in [-0.25, -0.2) is 17.9 Å². The van der Waals surface area contributed by atoms with Crippen LogP contribution in [0.2, 0.25) is 0 Å². The van der Waals surface area contributed by atoms with E-state index in [0.717, 1.165) is 11.8 Å². The van der Waals surface area contributed by atoms with E-state index in [2.05, 4.69) is 10.0 Å². The van der Waals surface area contributed by atoms with E-state index in [-0.39, 0.29) is 6.54 Å². The Hall–Kier alpha value is -1.97. The molecule has 0 aliphatic carbocycles. The lowest BCUT2D eigenvalue weighted by molar-refractivity contribution is -0.150. The van der Waals surface area contributed by atoms with Crippen molar-refractivity contribution in [2.24, 2.45) is 0 Å². The maximum Gasteiger partial charge on any atom is 0.332 e. The van der Waals surface area contributed by atoms with Gasteiger partial charge in [0.15, 0.2) is 6.10 Å². The maximum atomic E-state index is 12.0. The standard InChI is InChI=1S/C14H18N2O6S/c1-23(20,21)15-8-9-2-4-10(5-3-9)16-13(17)11-6-7-12(22-11)14(18)19/h2-5,11-12,15H,6-8H2,1H3,(H,16,17)(H,18,19)/t11-,12+/m0/s1. The van der Waals surface area contributed by atoms with Crippen molar-refractivity contribution in [1.29, 1.82) is 0 Å². The molecular formula is C14H18N2O6S. The van der Waals surface area contributed by atoms with Crippen LogP contribution in [0.25, 0.3) is 0 Å². The van der Waals surface area contributed by atoms with E-state index in [1.807, 2.05) is 0 Å². The molecule has 3 N–H and O–H groups in total. The van der Waals surface area contributed by atoms with Crippen LogP contribution in [0.4, 0.5) is 5.69 Å². The molecule has 1 aromatic rings. The summed E-state index contributed by atoms with van der Waals surface area (Å²) in [6, 6.07) is 6.65. The predicted octanol–water partition coefficient (Wildman–Crippen LogP) is 0.306. The summed E-state index contributed by atoms with van der Waals surface area (Å²) in [6.07, 6.45) is 0.0360.